The Balaban J connectivity index is 1.59. The number of benzene rings is 1. The largest absolute Gasteiger partial charge is 0.416 e. The van der Waals surface area contributed by atoms with Gasteiger partial charge in [0.15, 0.2) is 0 Å². The zero-order valence-electron chi connectivity index (χ0n) is 15.1. The predicted molar refractivity (Wildman–Crippen MR) is 104 cm³/mol. The van der Waals surface area contributed by atoms with Gasteiger partial charge in [-0.05, 0) is 44.9 Å². The second-order valence-electron chi connectivity index (χ2n) is 6.06. The lowest BCUT2D eigenvalue weighted by Gasteiger charge is -2.12. The molecule has 1 atom stereocenters. The molecule has 0 saturated heterocycles. The Bertz CT molecular complexity index is 920. The molecule has 0 saturated carbocycles. The minimum atomic E-state index is -0.357. The summed E-state index contributed by atoms with van der Waals surface area (Å²) in [7, 11) is 0. The normalized spacial score (nSPS) is 12.2. The van der Waals surface area contributed by atoms with Crippen molar-refractivity contribution in [3.8, 4) is 0 Å². The molecule has 0 spiro atoms. The van der Waals surface area contributed by atoms with Gasteiger partial charge in [0, 0.05) is 11.1 Å². The maximum Gasteiger partial charge on any atom is 0.277 e. The van der Waals surface area contributed by atoms with E-state index in [-0.39, 0.29) is 11.2 Å². The highest BCUT2D eigenvalue weighted by molar-refractivity contribution is 8.00. The Kier molecular flexibility index (Phi) is 5.73. The minimum Gasteiger partial charge on any atom is -0.416 e. The van der Waals surface area contributed by atoms with Gasteiger partial charge in [0.25, 0.3) is 5.22 Å². The molecule has 2 heterocycles. The van der Waals surface area contributed by atoms with Gasteiger partial charge in [-0.25, -0.2) is 4.98 Å². The fraction of sp³-hybridized carbons (Fsp3) is 0.333. The Morgan fingerprint density at radius 3 is 2.85 bits per heavy atom. The van der Waals surface area contributed by atoms with Crippen molar-refractivity contribution >= 4 is 34.7 Å². The topological polar surface area (TPSA) is 80.9 Å². The minimum absolute atomic E-state index is 0.0985. The first-order chi connectivity index (χ1) is 12.4. The van der Waals surface area contributed by atoms with E-state index in [9.17, 15) is 4.79 Å². The first kappa shape index (κ1) is 18.6. The van der Waals surface area contributed by atoms with Crippen LogP contribution in [0.5, 0.6) is 0 Å². The van der Waals surface area contributed by atoms with Crippen LogP contribution >= 0.6 is 23.1 Å². The molecule has 1 aromatic carbocycles. The predicted octanol–water partition coefficient (Wildman–Crippen LogP) is 4.16. The molecule has 1 amide bonds. The van der Waals surface area contributed by atoms with E-state index in [1.54, 1.807) is 11.3 Å². The first-order valence-corrected chi connectivity index (χ1v) is 9.95. The SMILES string of the molecule is Cc1ccc(C)c(NC(=O)[C@H](C)Sc2nnc(Cc3csc(C)n3)o2)c1. The van der Waals surface area contributed by atoms with Crippen LogP contribution in [0.15, 0.2) is 33.2 Å². The van der Waals surface area contributed by atoms with Crippen molar-refractivity contribution in [1.29, 1.82) is 0 Å². The number of thiazole rings is 1. The average Bonchev–Trinajstić information content (AvgIpc) is 3.20. The van der Waals surface area contributed by atoms with Gasteiger partial charge >= 0.3 is 0 Å². The third-order valence-corrected chi connectivity index (χ3v) is 5.50. The fourth-order valence-electron chi connectivity index (χ4n) is 2.31. The van der Waals surface area contributed by atoms with Crippen molar-refractivity contribution in [1.82, 2.24) is 15.2 Å². The van der Waals surface area contributed by atoms with Crippen LogP contribution in [0.1, 0.15) is 34.6 Å². The molecule has 0 aliphatic heterocycles. The molecule has 3 rings (SSSR count). The summed E-state index contributed by atoms with van der Waals surface area (Å²) >= 11 is 2.84. The van der Waals surface area contributed by atoms with E-state index in [0.717, 1.165) is 27.5 Å². The van der Waals surface area contributed by atoms with Crippen LogP contribution in [0.4, 0.5) is 5.69 Å². The van der Waals surface area contributed by atoms with E-state index in [1.807, 2.05) is 51.3 Å². The van der Waals surface area contributed by atoms with Crippen molar-refractivity contribution in [2.75, 3.05) is 5.32 Å². The molecule has 3 aromatic rings. The van der Waals surface area contributed by atoms with Gasteiger partial charge in [0.1, 0.15) is 0 Å². The monoisotopic (exact) mass is 388 g/mol. The van der Waals surface area contributed by atoms with Gasteiger partial charge in [0.05, 0.1) is 22.4 Å². The van der Waals surface area contributed by atoms with Gasteiger partial charge in [-0.2, -0.15) is 0 Å². The number of rotatable bonds is 6. The molecule has 136 valence electrons. The molecular weight excluding hydrogens is 368 g/mol. The zero-order valence-corrected chi connectivity index (χ0v) is 16.7. The van der Waals surface area contributed by atoms with Gasteiger partial charge < -0.3 is 9.73 Å². The molecule has 2 aromatic heterocycles. The van der Waals surface area contributed by atoms with Crippen molar-refractivity contribution in [3.05, 3.63) is 51.3 Å². The summed E-state index contributed by atoms with van der Waals surface area (Å²) in [6.07, 6.45) is 0.501. The summed E-state index contributed by atoms with van der Waals surface area (Å²) in [4.78, 5) is 16.8. The number of thioether (sulfide) groups is 1. The van der Waals surface area contributed by atoms with E-state index >= 15 is 0 Å². The molecule has 0 aliphatic rings. The van der Waals surface area contributed by atoms with Crippen molar-refractivity contribution in [2.45, 2.75) is 44.6 Å². The number of nitrogens with one attached hydrogen (secondary N) is 1. The lowest BCUT2D eigenvalue weighted by atomic mass is 10.1. The van der Waals surface area contributed by atoms with Crippen LogP contribution in [0, 0.1) is 20.8 Å². The molecule has 6 nitrogen and oxygen atoms in total. The van der Waals surface area contributed by atoms with E-state index in [0.29, 0.717) is 17.5 Å². The number of amides is 1. The van der Waals surface area contributed by atoms with Gasteiger partial charge in [-0.3, -0.25) is 4.79 Å². The number of hydrogen-bond acceptors (Lipinski definition) is 7. The van der Waals surface area contributed by atoms with Gasteiger partial charge in [-0.15, -0.1) is 21.5 Å². The van der Waals surface area contributed by atoms with E-state index < -0.39 is 0 Å². The van der Waals surface area contributed by atoms with Gasteiger partial charge in [0.2, 0.25) is 11.8 Å². The lowest BCUT2D eigenvalue weighted by Crippen LogP contribution is -2.22. The number of carbonyl (C=O) groups excluding carboxylic acids is 1. The summed E-state index contributed by atoms with van der Waals surface area (Å²) < 4.78 is 5.64. The number of nitrogens with zero attached hydrogens (tertiary/aromatic N) is 3. The van der Waals surface area contributed by atoms with Gasteiger partial charge in [-0.1, -0.05) is 23.9 Å². The molecule has 0 fully saturated rings. The van der Waals surface area contributed by atoms with Crippen molar-refractivity contribution < 1.29 is 9.21 Å². The molecule has 0 aliphatic carbocycles. The molecule has 0 unspecified atom stereocenters. The van der Waals surface area contributed by atoms with E-state index in [1.165, 1.54) is 11.8 Å². The van der Waals surface area contributed by atoms with E-state index in [2.05, 4.69) is 20.5 Å². The number of aromatic nitrogens is 3. The van der Waals surface area contributed by atoms with Crippen LogP contribution in [-0.4, -0.2) is 26.3 Å². The Morgan fingerprint density at radius 1 is 1.31 bits per heavy atom. The van der Waals surface area contributed by atoms with Crippen LogP contribution in [-0.2, 0) is 11.2 Å². The number of hydrogen-bond donors (Lipinski definition) is 1. The molecule has 0 radical (unpaired) electrons. The smallest absolute Gasteiger partial charge is 0.277 e. The summed E-state index contributed by atoms with van der Waals surface area (Å²) in [5.41, 5.74) is 3.87. The second-order valence-corrected chi connectivity index (χ2v) is 8.42. The second kappa shape index (κ2) is 8.01. The molecular formula is C18H20N4O2S2. The molecule has 26 heavy (non-hydrogen) atoms. The summed E-state index contributed by atoms with van der Waals surface area (Å²) in [6.45, 7) is 7.74. The first-order valence-electron chi connectivity index (χ1n) is 8.19. The number of aryl methyl sites for hydroxylation is 3. The highest BCUT2D eigenvalue weighted by Crippen LogP contribution is 2.25. The Labute approximate surface area is 160 Å². The quantitative estimate of drug-likeness (QED) is 0.639. The maximum atomic E-state index is 12.5. The summed E-state index contributed by atoms with van der Waals surface area (Å²) in [5, 5.41) is 14.0. The van der Waals surface area contributed by atoms with Crippen LogP contribution in [0.2, 0.25) is 0 Å². The Hall–Kier alpha value is -2.19. The molecule has 0 bridgehead atoms. The lowest BCUT2D eigenvalue weighted by molar-refractivity contribution is -0.115. The number of anilines is 1. The van der Waals surface area contributed by atoms with Crippen LogP contribution < -0.4 is 5.32 Å². The number of carbonyl (C=O) groups is 1. The third-order valence-electron chi connectivity index (χ3n) is 3.74. The Morgan fingerprint density at radius 2 is 2.12 bits per heavy atom. The van der Waals surface area contributed by atoms with Crippen LogP contribution in [0.3, 0.4) is 0 Å². The summed E-state index contributed by atoms with van der Waals surface area (Å²) in [5.74, 6) is 0.401. The maximum absolute atomic E-state index is 12.5. The van der Waals surface area contributed by atoms with Crippen molar-refractivity contribution in [3.63, 3.8) is 0 Å². The van der Waals surface area contributed by atoms with Crippen LogP contribution in [0.25, 0.3) is 0 Å². The zero-order chi connectivity index (χ0) is 18.7. The standard InChI is InChI=1S/C18H20N4O2S2/c1-10-5-6-11(2)15(7-10)20-17(23)12(3)26-18-22-21-16(24-18)8-14-9-25-13(4)19-14/h5-7,9,12H,8H2,1-4H3,(H,20,23)/t12-/m0/s1. The molecule has 1 N–H and O–H groups in total. The van der Waals surface area contributed by atoms with Crippen molar-refractivity contribution in [2.24, 2.45) is 0 Å². The third kappa shape index (κ3) is 4.70. The van der Waals surface area contributed by atoms with E-state index in [4.69, 9.17) is 4.42 Å². The highest BCUT2D eigenvalue weighted by Gasteiger charge is 2.19. The highest BCUT2D eigenvalue weighted by atomic mass is 32.2. The fourth-order valence-corrected chi connectivity index (χ4v) is 3.62. The molecule has 8 heteroatoms. The summed E-state index contributed by atoms with van der Waals surface area (Å²) in [6, 6.07) is 5.98. The average molecular weight is 389 g/mol.